The molecule has 3 heterocycles. The van der Waals surface area contributed by atoms with E-state index in [1.54, 1.807) is 13.8 Å². The van der Waals surface area contributed by atoms with Gasteiger partial charge in [-0.15, -0.1) is 20.1 Å². The largest absolute Gasteiger partial charge is 0.586 e. The van der Waals surface area contributed by atoms with Crippen molar-refractivity contribution in [2.75, 3.05) is 5.32 Å². The van der Waals surface area contributed by atoms with Crippen molar-refractivity contribution in [3.8, 4) is 22.8 Å². The number of aryl methyl sites for hydroxylation is 3. The first-order valence-corrected chi connectivity index (χ1v) is 9.02. The van der Waals surface area contributed by atoms with Crippen LogP contribution < -0.4 is 14.8 Å². The molecular weight excluding hydrogens is 390 g/mol. The summed E-state index contributed by atoms with van der Waals surface area (Å²) in [6, 6.07) is 2.88. The quantitative estimate of drug-likeness (QED) is 0.707. The summed E-state index contributed by atoms with van der Waals surface area (Å²) in [6.07, 6.45) is -0.835. The minimum absolute atomic E-state index is 0.0293. The predicted octanol–water partition coefficient (Wildman–Crippen LogP) is 4.10. The van der Waals surface area contributed by atoms with E-state index >= 15 is 0 Å². The molecule has 144 valence electrons. The second-order valence-electron chi connectivity index (χ2n) is 6.17. The van der Waals surface area contributed by atoms with Crippen LogP contribution in [0.1, 0.15) is 25.9 Å². The lowest BCUT2D eigenvalue weighted by atomic mass is 10.1. The molecule has 0 fully saturated rings. The van der Waals surface area contributed by atoms with Gasteiger partial charge in [0.2, 0.25) is 0 Å². The van der Waals surface area contributed by atoms with Crippen LogP contribution >= 0.6 is 11.3 Å². The molecule has 1 aliphatic heterocycles. The Labute approximate surface area is 162 Å². The number of nitrogens with one attached hydrogen (secondary N) is 1. The van der Waals surface area contributed by atoms with E-state index in [0.29, 0.717) is 27.4 Å². The average Bonchev–Trinajstić information content (AvgIpc) is 3.11. The highest BCUT2D eigenvalue weighted by Gasteiger charge is 2.43. The molecule has 1 aromatic carbocycles. The Hall–Kier alpha value is -3.14. The number of rotatable bonds is 3. The van der Waals surface area contributed by atoms with Gasteiger partial charge in [-0.1, -0.05) is 0 Å². The van der Waals surface area contributed by atoms with Crippen molar-refractivity contribution in [2.45, 2.75) is 27.1 Å². The number of benzene rings is 1. The lowest BCUT2D eigenvalue weighted by Gasteiger charge is -2.08. The van der Waals surface area contributed by atoms with Crippen LogP contribution in [-0.2, 0) is 0 Å². The van der Waals surface area contributed by atoms with Crippen LogP contribution in [-0.4, -0.2) is 27.2 Å². The average molecular weight is 404 g/mol. The van der Waals surface area contributed by atoms with Crippen molar-refractivity contribution in [3.05, 3.63) is 45.7 Å². The van der Waals surface area contributed by atoms with Gasteiger partial charge in [0.15, 0.2) is 17.3 Å². The molecule has 10 heteroatoms. The zero-order valence-electron chi connectivity index (χ0n) is 15.0. The number of alkyl halides is 2. The molecule has 1 amide bonds. The van der Waals surface area contributed by atoms with Crippen molar-refractivity contribution in [2.24, 2.45) is 0 Å². The second kappa shape index (κ2) is 6.48. The Morgan fingerprint density at radius 3 is 2.43 bits per heavy atom. The summed E-state index contributed by atoms with van der Waals surface area (Å²) in [4.78, 5) is 25.5. The fourth-order valence-corrected chi connectivity index (χ4v) is 3.64. The maximum absolute atomic E-state index is 13.2. The van der Waals surface area contributed by atoms with E-state index in [4.69, 9.17) is 0 Å². The number of halogens is 2. The van der Waals surface area contributed by atoms with Gasteiger partial charge in [-0.05, 0) is 38.5 Å². The fourth-order valence-electron chi connectivity index (χ4n) is 2.82. The van der Waals surface area contributed by atoms with Gasteiger partial charge in [-0.2, -0.15) is 0 Å². The zero-order chi connectivity index (χ0) is 20.1. The predicted molar refractivity (Wildman–Crippen MR) is 97.9 cm³/mol. The van der Waals surface area contributed by atoms with Crippen LogP contribution in [0.25, 0.3) is 11.3 Å². The number of ether oxygens (including phenoxy) is 2. The van der Waals surface area contributed by atoms with Crippen LogP contribution in [0.2, 0.25) is 0 Å². The molecular formula is C18H14F2N4O3S. The number of fused-ring (bicyclic) bond motifs is 1. The van der Waals surface area contributed by atoms with Crippen LogP contribution in [0.3, 0.4) is 0 Å². The number of carbonyl (C=O) groups excluding carboxylic acids is 1. The third-order valence-electron chi connectivity index (χ3n) is 4.03. The summed E-state index contributed by atoms with van der Waals surface area (Å²) in [5.41, 5.74) is 2.33. The van der Waals surface area contributed by atoms with E-state index in [0.717, 1.165) is 5.01 Å². The van der Waals surface area contributed by atoms with E-state index < -0.39 is 6.29 Å². The van der Waals surface area contributed by atoms with Crippen molar-refractivity contribution >= 4 is 23.1 Å². The molecule has 0 radical (unpaired) electrons. The summed E-state index contributed by atoms with van der Waals surface area (Å²) < 4.78 is 35.4. The molecule has 0 aliphatic carbocycles. The zero-order valence-corrected chi connectivity index (χ0v) is 15.9. The summed E-state index contributed by atoms with van der Waals surface area (Å²) in [5.74, 6) is -0.144. The third-order valence-corrected chi connectivity index (χ3v) is 5.10. The number of thiazole rings is 1. The molecule has 0 saturated heterocycles. The van der Waals surface area contributed by atoms with Crippen molar-refractivity contribution in [3.63, 3.8) is 0 Å². The number of aromatic nitrogens is 3. The molecule has 1 aliphatic rings. The Bertz CT molecular complexity index is 1080. The summed E-state index contributed by atoms with van der Waals surface area (Å²) >= 11 is 1.30. The normalized spacial score (nSPS) is 14.2. The smallest absolute Gasteiger partial charge is 0.395 e. The number of hydrogen-bond donors (Lipinski definition) is 1. The fraction of sp³-hybridized carbons (Fsp3) is 0.222. The highest BCUT2D eigenvalue weighted by molar-refractivity contribution is 7.13. The summed E-state index contributed by atoms with van der Waals surface area (Å²) in [5, 5.41) is 3.47. The van der Waals surface area contributed by atoms with Crippen LogP contribution in [0.4, 0.5) is 14.6 Å². The van der Waals surface area contributed by atoms with E-state index in [9.17, 15) is 13.6 Å². The van der Waals surface area contributed by atoms with Crippen LogP contribution in [0.5, 0.6) is 11.5 Å². The Morgan fingerprint density at radius 2 is 1.82 bits per heavy atom. The van der Waals surface area contributed by atoms with Crippen LogP contribution in [0, 0.1) is 20.8 Å². The number of hydrogen-bond acceptors (Lipinski definition) is 7. The van der Waals surface area contributed by atoms with E-state index in [2.05, 4.69) is 29.7 Å². The molecule has 0 saturated carbocycles. The van der Waals surface area contributed by atoms with Gasteiger partial charge < -0.3 is 14.8 Å². The van der Waals surface area contributed by atoms with Gasteiger partial charge in [-0.3, -0.25) is 9.78 Å². The first kappa shape index (κ1) is 18.2. The van der Waals surface area contributed by atoms with Crippen molar-refractivity contribution in [1.82, 2.24) is 15.0 Å². The number of amides is 1. The monoisotopic (exact) mass is 404 g/mol. The molecule has 0 spiro atoms. The van der Waals surface area contributed by atoms with Gasteiger partial charge in [-0.25, -0.2) is 9.97 Å². The van der Waals surface area contributed by atoms with Crippen molar-refractivity contribution < 1.29 is 23.0 Å². The highest BCUT2D eigenvalue weighted by Crippen LogP contribution is 2.44. The maximum atomic E-state index is 13.2. The number of nitrogens with zero attached hydrogens (tertiary/aromatic N) is 3. The van der Waals surface area contributed by atoms with E-state index in [-0.39, 0.29) is 23.2 Å². The highest BCUT2D eigenvalue weighted by atomic mass is 32.1. The minimum atomic E-state index is -3.68. The molecule has 2 aromatic heterocycles. The SMILES string of the molecule is Cc1nc(C)c(C(=O)Nc2cnc(-c3cc4c(cc3C)OC(F)(F)O4)cn2)s1. The summed E-state index contributed by atoms with van der Waals surface area (Å²) in [6.45, 7) is 5.33. The molecule has 4 rings (SSSR count). The first-order chi connectivity index (χ1) is 13.2. The molecule has 1 N–H and O–H groups in total. The summed E-state index contributed by atoms with van der Waals surface area (Å²) in [7, 11) is 0. The maximum Gasteiger partial charge on any atom is 0.586 e. The lowest BCUT2D eigenvalue weighted by Crippen LogP contribution is -2.25. The first-order valence-electron chi connectivity index (χ1n) is 8.20. The molecule has 3 aromatic rings. The number of anilines is 1. The van der Waals surface area contributed by atoms with Gasteiger partial charge >= 0.3 is 6.29 Å². The Kier molecular flexibility index (Phi) is 4.22. The molecule has 0 atom stereocenters. The Balaban J connectivity index is 1.56. The molecule has 28 heavy (non-hydrogen) atoms. The van der Waals surface area contributed by atoms with Gasteiger partial charge in [0.1, 0.15) is 4.88 Å². The van der Waals surface area contributed by atoms with Gasteiger partial charge in [0.25, 0.3) is 5.91 Å². The molecule has 0 unspecified atom stereocenters. The molecule has 7 nitrogen and oxygen atoms in total. The van der Waals surface area contributed by atoms with Crippen LogP contribution in [0.15, 0.2) is 24.5 Å². The van der Waals surface area contributed by atoms with E-state index in [1.807, 2.05) is 6.92 Å². The topological polar surface area (TPSA) is 86.2 Å². The van der Waals surface area contributed by atoms with Gasteiger partial charge in [0.05, 0.1) is 28.8 Å². The second-order valence-corrected chi connectivity index (χ2v) is 7.37. The molecule has 0 bridgehead atoms. The standard InChI is InChI=1S/C18H14F2N4O3S/c1-8-4-13-14(27-18(19,20)26-13)5-11(8)12-6-22-15(7-21-12)24-17(25)16-9(2)23-10(3)28-16/h4-7H,1-3H3,(H,22,24,25). The third kappa shape index (κ3) is 3.38. The lowest BCUT2D eigenvalue weighted by molar-refractivity contribution is -0.286. The van der Waals surface area contributed by atoms with Crippen molar-refractivity contribution in [1.29, 1.82) is 0 Å². The minimum Gasteiger partial charge on any atom is -0.395 e. The Morgan fingerprint density at radius 1 is 1.11 bits per heavy atom. The van der Waals surface area contributed by atoms with Gasteiger partial charge in [0, 0.05) is 5.56 Å². The van der Waals surface area contributed by atoms with E-state index in [1.165, 1.54) is 35.9 Å². The number of carbonyl (C=O) groups is 1.